The number of nitrogens with zero attached hydrogens (tertiary/aromatic N) is 5. The molecular weight excluding hydrogens is 367 g/mol. The molecular formula is C14H12BrFN6O. The van der Waals surface area contributed by atoms with Crippen molar-refractivity contribution in [2.24, 2.45) is 0 Å². The Bertz CT molecular complexity index is 894. The lowest BCUT2D eigenvalue weighted by Gasteiger charge is -2.15. The molecule has 3 rings (SSSR count). The Labute approximate surface area is 139 Å². The fourth-order valence-electron chi connectivity index (χ4n) is 2.04. The van der Waals surface area contributed by atoms with E-state index in [9.17, 15) is 9.18 Å². The van der Waals surface area contributed by atoms with Gasteiger partial charge in [-0.15, -0.1) is 5.10 Å². The molecule has 23 heavy (non-hydrogen) atoms. The van der Waals surface area contributed by atoms with Crippen LogP contribution >= 0.6 is 15.9 Å². The van der Waals surface area contributed by atoms with Gasteiger partial charge in [0.15, 0.2) is 5.65 Å². The van der Waals surface area contributed by atoms with E-state index in [1.54, 1.807) is 31.3 Å². The number of nitrogens with one attached hydrogen (secondary N) is 1. The van der Waals surface area contributed by atoms with E-state index in [2.05, 4.69) is 36.3 Å². The summed E-state index contributed by atoms with van der Waals surface area (Å²) in [6.07, 6.45) is 2.79. The Hall–Kier alpha value is -2.55. The fourth-order valence-corrected chi connectivity index (χ4v) is 2.37. The fraction of sp³-hybridized carbons (Fsp3) is 0.143. The first-order valence-corrected chi connectivity index (χ1v) is 7.39. The molecule has 3 aromatic heterocycles. The van der Waals surface area contributed by atoms with Crippen LogP contribution in [0, 0.1) is 5.82 Å². The normalized spacial score (nSPS) is 10.8. The molecule has 118 valence electrons. The van der Waals surface area contributed by atoms with Gasteiger partial charge in [-0.25, -0.2) is 13.9 Å². The number of fused-ring (bicyclic) bond motifs is 1. The minimum atomic E-state index is -0.439. The molecule has 0 aliphatic carbocycles. The van der Waals surface area contributed by atoms with Crippen molar-refractivity contribution in [3.63, 3.8) is 0 Å². The summed E-state index contributed by atoms with van der Waals surface area (Å²) in [7, 11) is 3.58. The highest BCUT2D eigenvalue weighted by Gasteiger charge is 2.17. The maximum atomic E-state index is 13.2. The molecule has 1 N–H and O–H groups in total. The van der Waals surface area contributed by atoms with Crippen LogP contribution < -0.4 is 10.2 Å². The first-order valence-electron chi connectivity index (χ1n) is 6.60. The van der Waals surface area contributed by atoms with Crippen molar-refractivity contribution in [2.45, 2.75) is 0 Å². The summed E-state index contributed by atoms with van der Waals surface area (Å²) in [4.78, 5) is 22.5. The van der Waals surface area contributed by atoms with Gasteiger partial charge in [0.25, 0.3) is 5.91 Å². The zero-order valence-electron chi connectivity index (χ0n) is 12.3. The lowest BCUT2D eigenvalue weighted by molar-refractivity contribution is 0.102. The van der Waals surface area contributed by atoms with Crippen molar-refractivity contribution in [3.05, 3.63) is 46.4 Å². The quantitative estimate of drug-likeness (QED) is 0.756. The van der Waals surface area contributed by atoms with Gasteiger partial charge in [0.2, 0.25) is 5.95 Å². The van der Waals surface area contributed by atoms with E-state index in [0.29, 0.717) is 21.5 Å². The number of anilines is 2. The molecule has 3 heterocycles. The molecule has 0 aromatic carbocycles. The standard InChI is InChI=1S/C14H12BrFN6O/c1-21(2)12-10(5-8(15)6-17-12)13(23)19-14-18-11-4-3-9(16)7-22(11)20-14/h3-7H,1-2H3,(H,19,20,23). The van der Waals surface area contributed by atoms with Crippen LogP contribution in [-0.2, 0) is 0 Å². The average molecular weight is 379 g/mol. The van der Waals surface area contributed by atoms with Gasteiger partial charge in [-0.1, -0.05) is 0 Å². The Morgan fingerprint density at radius 3 is 2.91 bits per heavy atom. The van der Waals surface area contributed by atoms with Gasteiger partial charge in [-0.3, -0.25) is 10.1 Å². The predicted molar refractivity (Wildman–Crippen MR) is 87.2 cm³/mol. The van der Waals surface area contributed by atoms with Crippen molar-refractivity contribution in [2.75, 3.05) is 24.3 Å². The van der Waals surface area contributed by atoms with E-state index in [1.165, 1.54) is 22.8 Å². The number of amides is 1. The predicted octanol–water partition coefficient (Wildman–Crippen LogP) is 2.34. The second-order valence-electron chi connectivity index (χ2n) is 4.96. The van der Waals surface area contributed by atoms with Crippen LogP contribution in [-0.4, -0.2) is 39.6 Å². The summed E-state index contributed by atoms with van der Waals surface area (Å²) in [5.41, 5.74) is 0.802. The summed E-state index contributed by atoms with van der Waals surface area (Å²) >= 11 is 3.30. The summed E-state index contributed by atoms with van der Waals surface area (Å²) in [6.45, 7) is 0. The zero-order valence-corrected chi connectivity index (χ0v) is 13.9. The second kappa shape index (κ2) is 5.92. The van der Waals surface area contributed by atoms with E-state index in [0.717, 1.165) is 0 Å². The van der Waals surface area contributed by atoms with Crippen LogP contribution in [0.2, 0.25) is 0 Å². The molecule has 0 atom stereocenters. The highest BCUT2D eigenvalue weighted by atomic mass is 79.9. The van der Waals surface area contributed by atoms with Crippen molar-refractivity contribution >= 4 is 39.3 Å². The van der Waals surface area contributed by atoms with Crippen LogP contribution in [0.15, 0.2) is 35.1 Å². The van der Waals surface area contributed by atoms with Crippen molar-refractivity contribution in [3.8, 4) is 0 Å². The summed E-state index contributed by atoms with van der Waals surface area (Å²) in [5.74, 6) is -0.240. The molecule has 0 radical (unpaired) electrons. The maximum Gasteiger partial charge on any atom is 0.261 e. The average Bonchev–Trinajstić information content (AvgIpc) is 2.88. The van der Waals surface area contributed by atoms with Crippen LogP contribution in [0.3, 0.4) is 0 Å². The van der Waals surface area contributed by atoms with Gasteiger partial charge in [0.1, 0.15) is 11.6 Å². The van der Waals surface area contributed by atoms with Crippen molar-refractivity contribution < 1.29 is 9.18 Å². The Kier molecular flexibility index (Phi) is 3.95. The minimum absolute atomic E-state index is 0.0882. The minimum Gasteiger partial charge on any atom is -0.362 e. The molecule has 0 saturated heterocycles. The molecule has 9 heteroatoms. The Morgan fingerprint density at radius 2 is 2.17 bits per heavy atom. The highest BCUT2D eigenvalue weighted by molar-refractivity contribution is 9.10. The molecule has 0 unspecified atom stereocenters. The lowest BCUT2D eigenvalue weighted by Crippen LogP contribution is -2.20. The summed E-state index contributed by atoms with van der Waals surface area (Å²) in [5, 5.41) is 6.62. The third-order valence-electron chi connectivity index (χ3n) is 3.02. The molecule has 0 aliphatic rings. The maximum absolute atomic E-state index is 13.2. The van der Waals surface area contributed by atoms with Crippen LogP contribution in [0.1, 0.15) is 10.4 Å². The number of halogens is 2. The van der Waals surface area contributed by atoms with Crippen LogP contribution in [0.5, 0.6) is 0 Å². The topological polar surface area (TPSA) is 75.4 Å². The second-order valence-corrected chi connectivity index (χ2v) is 5.87. The first kappa shape index (κ1) is 15.3. The number of hydrogen-bond acceptors (Lipinski definition) is 5. The smallest absolute Gasteiger partial charge is 0.261 e. The molecule has 0 aliphatic heterocycles. The number of hydrogen-bond donors (Lipinski definition) is 1. The van der Waals surface area contributed by atoms with Crippen LogP contribution in [0.4, 0.5) is 16.2 Å². The van der Waals surface area contributed by atoms with Gasteiger partial charge < -0.3 is 4.90 Å². The van der Waals surface area contributed by atoms with E-state index in [1.807, 2.05) is 0 Å². The zero-order chi connectivity index (χ0) is 16.6. The van der Waals surface area contributed by atoms with Gasteiger partial charge in [0.05, 0.1) is 11.8 Å². The number of carbonyl (C=O) groups is 1. The highest BCUT2D eigenvalue weighted by Crippen LogP contribution is 2.21. The van der Waals surface area contributed by atoms with Crippen molar-refractivity contribution in [1.82, 2.24) is 19.6 Å². The molecule has 0 bridgehead atoms. The number of rotatable bonds is 3. The summed E-state index contributed by atoms with van der Waals surface area (Å²) in [6, 6.07) is 4.41. The molecule has 3 aromatic rings. The monoisotopic (exact) mass is 378 g/mol. The largest absolute Gasteiger partial charge is 0.362 e. The van der Waals surface area contributed by atoms with E-state index < -0.39 is 11.7 Å². The summed E-state index contributed by atoms with van der Waals surface area (Å²) < 4.78 is 15.1. The van der Waals surface area contributed by atoms with Crippen LogP contribution in [0.25, 0.3) is 5.65 Å². The number of carbonyl (C=O) groups excluding carboxylic acids is 1. The molecule has 7 nitrogen and oxygen atoms in total. The van der Waals surface area contributed by atoms with Gasteiger partial charge in [-0.2, -0.15) is 4.98 Å². The number of aromatic nitrogens is 4. The Balaban J connectivity index is 1.93. The van der Waals surface area contributed by atoms with E-state index in [4.69, 9.17) is 0 Å². The SMILES string of the molecule is CN(C)c1ncc(Br)cc1C(=O)Nc1nc2ccc(F)cn2n1. The molecule has 0 spiro atoms. The Morgan fingerprint density at radius 1 is 1.39 bits per heavy atom. The first-order chi connectivity index (χ1) is 10.9. The van der Waals surface area contributed by atoms with E-state index >= 15 is 0 Å². The van der Waals surface area contributed by atoms with Gasteiger partial charge in [-0.05, 0) is 34.1 Å². The molecule has 0 fully saturated rings. The molecule has 1 amide bonds. The lowest BCUT2D eigenvalue weighted by atomic mass is 10.2. The van der Waals surface area contributed by atoms with Gasteiger partial charge >= 0.3 is 0 Å². The third-order valence-corrected chi connectivity index (χ3v) is 3.46. The molecule has 0 saturated carbocycles. The third kappa shape index (κ3) is 3.14. The van der Waals surface area contributed by atoms with Crippen molar-refractivity contribution in [1.29, 1.82) is 0 Å². The number of pyridine rings is 2. The van der Waals surface area contributed by atoms with Gasteiger partial charge in [0, 0.05) is 24.8 Å². The van der Waals surface area contributed by atoms with E-state index in [-0.39, 0.29) is 5.95 Å².